The summed E-state index contributed by atoms with van der Waals surface area (Å²) in [5.74, 6) is 5.57. The summed E-state index contributed by atoms with van der Waals surface area (Å²) < 4.78 is 2.95. The Labute approximate surface area is 111 Å². The molecule has 2 aromatic rings. The van der Waals surface area contributed by atoms with E-state index < -0.39 is 0 Å². The maximum absolute atomic E-state index is 5.57. The van der Waals surface area contributed by atoms with Crippen molar-refractivity contribution in [2.75, 3.05) is 0 Å². The number of hydrogen-bond donors (Lipinski definition) is 2. The van der Waals surface area contributed by atoms with E-state index >= 15 is 0 Å². The number of thiophene rings is 1. The highest BCUT2D eigenvalue weighted by molar-refractivity contribution is 14.1. The Kier molecular flexibility index (Phi) is 3.90. The average molecular weight is 349 g/mol. The minimum absolute atomic E-state index is 0.0939. The first-order valence-electron chi connectivity index (χ1n) is 4.74. The van der Waals surface area contributed by atoms with Crippen LogP contribution in [0.15, 0.2) is 17.6 Å². The summed E-state index contributed by atoms with van der Waals surface area (Å²) >= 11 is 4.02. The van der Waals surface area contributed by atoms with Gasteiger partial charge in [-0.05, 0) is 39.6 Å². The second-order valence-corrected chi connectivity index (χ2v) is 6.30. The van der Waals surface area contributed by atoms with Crippen molar-refractivity contribution in [3.63, 3.8) is 0 Å². The molecule has 7 heteroatoms. The maximum atomic E-state index is 5.57. The zero-order valence-electron chi connectivity index (χ0n) is 8.72. The highest BCUT2D eigenvalue weighted by Crippen LogP contribution is 2.23. The van der Waals surface area contributed by atoms with Crippen molar-refractivity contribution in [2.45, 2.75) is 12.5 Å². The predicted octanol–water partition coefficient (Wildman–Crippen LogP) is 1.23. The molecule has 0 bridgehead atoms. The Balaban J connectivity index is 2.12. The van der Waals surface area contributed by atoms with Gasteiger partial charge in [-0.25, -0.2) is 0 Å². The van der Waals surface area contributed by atoms with Gasteiger partial charge in [0.25, 0.3) is 0 Å². The van der Waals surface area contributed by atoms with E-state index in [9.17, 15) is 0 Å². The SMILES string of the molecule is Cn1cc(CC(NN)c2csc(I)c2)nn1. The fraction of sp³-hybridized carbons (Fsp3) is 0.333. The second kappa shape index (κ2) is 5.21. The van der Waals surface area contributed by atoms with E-state index in [-0.39, 0.29) is 6.04 Å². The molecule has 1 atom stereocenters. The third-order valence-corrected chi connectivity index (χ3v) is 4.06. The van der Waals surface area contributed by atoms with Crippen LogP contribution in [0.25, 0.3) is 0 Å². The van der Waals surface area contributed by atoms with Crippen molar-refractivity contribution in [2.24, 2.45) is 12.9 Å². The van der Waals surface area contributed by atoms with Gasteiger partial charge >= 0.3 is 0 Å². The van der Waals surface area contributed by atoms with Crippen molar-refractivity contribution in [1.82, 2.24) is 20.4 Å². The first kappa shape index (κ1) is 12.0. The summed E-state index contributed by atoms with van der Waals surface area (Å²) in [6, 6.07) is 2.23. The van der Waals surface area contributed by atoms with E-state index in [1.165, 1.54) is 8.45 Å². The lowest BCUT2D eigenvalue weighted by Crippen LogP contribution is -2.29. The normalized spacial score (nSPS) is 12.9. The van der Waals surface area contributed by atoms with Crippen molar-refractivity contribution in [3.05, 3.63) is 31.8 Å². The van der Waals surface area contributed by atoms with Crippen molar-refractivity contribution < 1.29 is 0 Å². The molecule has 0 aliphatic heterocycles. The van der Waals surface area contributed by atoms with Gasteiger partial charge in [-0.3, -0.25) is 16.0 Å². The standard InChI is InChI=1S/C9H12IN5S/c1-15-4-7(13-14-15)3-8(12-11)6-2-9(10)16-5-6/h2,4-5,8,12H,3,11H2,1H3. The minimum atomic E-state index is 0.0939. The number of hydrazine groups is 1. The fourth-order valence-corrected chi connectivity index (χ4v) is 2.90. The Bertz CT molecular complexity index is 466. The number of aryl methyl sites for hydroxylation is 1. The van der Waals surface area contributed by atoms with Crippen molar-refractivity contribution in [3.8, 4) is 0 Å². The van der Waals surface area contributed by atoms with E-state index in [2.05, 4.69) is 49.8 Å². The van der Waals surface area contributed by atoms with Gasteiger partial charge in [0.15, 0.2) is 0 Å². The zero-order chi connectivity index (χ0) is 11.5. The molecule has 2 rings (SSSR count). The van der Waals surface area contributed by atoms with Crippen molar-refractivity contribution >= 4 is 33.9 Å². The Morgan fingerprint density at radius 1 is 1.69 bits per heavy atom. The lowest BCUT2D eigenvalue weighted by atomic mass is 10.1. The van der Waals surface area contributed by atoms with Gasteiger partial charge in [-0.15, -0.1) is 16.4 Å². The number of hydrogen-bond acceptors (Lipinski definition) is 5. The molecular weight excluding hydrogens is 337 g/mol. The van der Waals surface area contributed by atoms with Crippen LogP contribution in [0.2, 0.25) is 0 Å². The number of halogens is 1. The molecule has 16 heavy (non-hydrogen) atoms. The molecule has 5 nitrogen and oxygen atoms in total. The third-order valence-electron chi connectivity index (χ3n) is 2.25. The van der Waals surface area contributed by atoms with E-state index in [0.29, 0.717) is 0 Å². The molecule has 0 saturated carbocycles. The molecule has 0 amide bonds. The van der Waals surface area contributed by atoms with Crippen LogP contribution >= 0.6 is 33.9 Å². The molecule has 0 aliphatic rings. The monoisotopic (exact) mass is 349 g/mol. The lowest BCUT2D eigenvalue weighted by Gasteiger charge is -2.12. The van der Waals surface area contributed by atoms with Gasteiger partial charge in [-0.2, -0.15) is 0 Å². The predicted molar refractivity (Wildman–Crippen MR) is 71.8 cm³/mol. The third kappa shape index (κ3) is 2.78. The summed E-state index contributed by atoms with van der Waals surface area (Å²) in [4.78, 5) is 0. The average Bonchev–Trinajstić information content (AvgIpc) is 2.84. The number of nitrogens with zero attached hydrogens (tertiary/aromatic N) is 3. The largest absolute Gasteiger partial charge is 0.271 e. The van der Waals surface area contributed by atoms with Crippen LogP contribution in [0.1, 0.15) is 17.3 Å². The van der Waals surface area contributed by atoms with Gasteiger partial charge in [-0.1, -0.05) is 5.21 Å². The maximum Gasteiger partial charge on any atom is 0.0846 e. The molecule has 0 fully saturated rings. The van der Waals surface area contributed by atoms with E-state index in [1.807, 2.05) is 13.2 Å². The summed E-state index contributed by atoms with van der Waals surface area (Å²) in [6.45, 7) is 0. The quantitative estimate of drug-likeness (QED) is 0.495. The molecule has 0 saturated heterocycles. The molecule has 0 radical (unpaired) electrons. The summed E-state index contributed by atoms with van der Waals surface area (Å²) in [5, 5.41) is 10.1. The highest BCUT2D eigenvalue weighted by atomic mass is 127. The first-order valence-corrected chi connectivity index (χ1v) is 6.70. The highest BCUT2D eigenvalue weighted by Gasteiger charge is 2.13. The summed E-state index contributed by atoms with van der Waals surface area (Å²) in [5.41, 5.74) is 4.95. The second-order valence-electron chi connectivity index (χ2n) is 3.49. The molecule has 0 spiro atoms. The molecule has 0 aliphatic carbocycles. The Morgan fingerprint density at radius 2 is 2.50 bits per heavy atom. The van der Waals surface area contributed by atoms with Crippen LogP contribution in [0, 0.1) is 2.88 Å². The molecule has 2 aromatic heterocycles. The van der Waals surface area contributed by atoms with Crippen LogP contribution in [-0.4, -0.2) is 15.0 Å². The van der Waals surface area contributed by atoms with Gasteiger partial charge in [0.2, 0.25) is 0 Å². The number of nitrogens with one attached hydrogen (secondary N) is 1. The lowest BCUT2D eigenvalue weighted by molar-refractivity contribution is 0.546. The molecular formula is C9H12IN5S. The van der Waals surface area contributed by atoms with Crippen LogP contribution in [0.4, 0.5) is 0 Å². The molecule has 0 aromatic carbocycles. The molecule has 1 unspecified atom stereocenters. The Hall–Kier alpha value is -0.510. The fourth-order valence-electron chi connectivity index (χ4n) is 1.48. The first-order chi connectivity index (χ1) is 7.69. The van der Waals surface area contributed by atoms with Crippen molar-refractivity contribution in [1.29, 1.82) is 0 Å². The van der Waals surface area contributed by atoms with Crippen LogP contribution in [0.5, 0.6) is 0 Å². The zero-order valence-corrected chi connectivity index (χ0v) is 11.7. The van der Waals surface area contributed by atoms with Gasteiger partial charge in [0, 0.05) is 19.7 Å². The Morgan fingerprint density at radius 3 is 3.00 bits per heavy atom. The van der Waals surface area contributed by atoms with Crippen LogP contribution in [0.3, 0.4) is 0 Å². The number of nitrogens with two attached hydrogens (primary N) is 1. The molecule has 3 N–H and O–H groups in total. The van der Waals surface area contributed by atoms with E-state index in [4.69, 9.17) is 5.84 Å². The summed E-state index contributed by atoms with van der Waals surface area (Å²) in [7, 11) is 1.86. The van der Waals surface area contributed by atoms with Gasteiger partial charge in [0.1, 0.15) is 0 Å². The topological polar surface area (TPSA) is 68.8 Å². The minimum Gasteiger partial charge on any atom is -0.271 e. The van der Waals surface area contributed by atoms with E-state index in [0.717, 1.165) is 12.1 Å². The van der Waals surface area contributed by atoms with Crippen LogP contribution in [-0.2, 0) is 13.5 Å². The van der Waals surface area contributed by atoms with Crippen LogP contribution < -0.4 is 11.3 Å². The number of rotatable bonds is 4. The molecule has 2 heterocycles. The molecule has 86 valence electrons. The van der Waals surface area contributed by atoms with Gasteiger partial charge < -0.3 is 0 Å². The van der Waals surface area contributed by atoms with E-state index in [1.54, 1.807) is 16.0 Å². The summed E-state index contributed by atoms with van der Waals surface area (Å²) in [6.07, 6.45) is 2.65. The smallest absolute Gasteiger partial charge is 0.0846 e. The number of aromatic nitrogens is 3. The van der Waals surface area contributed by atoms with Gasteiger partial charge in [0.05, 0.1) is 14.6 Å².